The third-order valence-corrected chi connectivity index (χ3v) is 4.86. The summed E-state index contributed by atoms with van der Waals surface area (Å²) < 4.78 is 0. The van der Waals surface area contributed by atoms with Crippen LogP contribution in [0.3, 0.4) is 0 Å². The van der Waals surface area contributed by atoms with Crippen molar-refractivity contribution in [2.75, 3.05) is 11.1 Å². The van der Waals surface area contributed by atoms with Gasteiger partial charge < -0.3 is 11.1 Å². The van der Waals surface area contributed by atoms with E-state index in [1.807, 2.05) is 6.07 Å². The molecule has 122 valence electrons. The van der Waals surface area contributed by atoms with Gasteiger partial charge in [0.1, 0.15) is 18.0 Å². The predicted molar refractivity (Wildman–Crippen MR) is 96.8 cm³/mol. The molecule has 1 aliphatic carbocycles. The highest BCUT2D eigenvalue weighted by atomic mass is 15.1. The Bertz CT molecular complexity index is 826. The van der Waals surface area contributed by atoms with E-state index in [1.165, 1.54) is 18.4 Å². The highest BCUT2D eigenvalue weighted by Gasteiger charge is 2.22. The smallest absolute Gasteiger partial charge is 0.166 e. The predicted octanol–water partition coefficient (Wildman–Crippen LogP) is 3.75. The molecule has 1 fully saturated rings. The summed E-state index contributed by atoms with van der Waals surface area (Å²) >= 11 is 0. The number of nitrogens with two attached hydrogens (primary N) is 1. The van der Waals surface area contributed by atoms with Gasteiger partial charge in [-0.05, 0) is 49.3 Å². The lowest BCUT2D eigenvalue weighted by atomic mass is 9.82. The lowest BCUT2D eigenvalue weighted by Gasteiger charge is -2.30. The van der Waals surface area contributed by atoms with Crippen LogP contribution in [0.5, 0.6) is 0 Å². The summed E-state index contributed by atoms with van der Waals surface area (Å²) in [6.45, 7) is 0. The Labute approximate surface area is 141 Å². The summed E-state index contributed by atoms with van der Waals surface area (Å²) in [4.78, 5) is 12.9. The zero-order valence-corrected chi connectivity index (χ0v) is 13.5. The standard InChI is InChI=1S/C19H21N5/c20-17-11-10-16-18(21-12-22-19(16)24-17)23-15-8-6-14(7-9-15)13-4-2-1-3-5-13/h1-5,10-12,14-15H,6-9H2,(H3,20,21,22,23,24). The fourth-order valence-corrected chi connectivity index (χ4v) is 3.56. The van der Waals surface area contributed by atoms with Gasteiger partial charge in [0.05, 0.1) is 5.39 Å². The molecule has 0 amide bonds. The van der Waals surface area contributed by atoms with Crippen molar-refractivity contribution >= 4 is 22.7 Å². The van der Waals surface area contributed by atoms with E-state index >= 15 is 0 Å². The molecule has 1 aromatic carbocycles. The van der Waals surface area contributed by atoms with E-state index in [0.29, 0.717) is 23.4 Å². The largest absolute Gasteiger partial charge is 0.384 e. The number of anilines is 2. The molecule has 2 aromatic heterocycles. The number of rotatable bonds is 3. The van der Waals surface area contributed by atoms with Gasteiger partial charge in [-0.25, -0.2) is 15.0 Å². The summed E-state index contributed by atoms with van der Waals surface area (Å²) in [7, 11) is 0. The lowest BCUT2D eigenvalue weighted by molar-refractivity contribution is 0.412. The fraction of sp³-hybridized carbons (Fsp3) is 0.316. The Balaban J connectivity index is 1.46. The van der Waals surface area contributed by atoms with Crippen LogP contribution in [-0.2, 0) is 0 Å². The summed E-state index contributed by atoms with van der Waals surface area (Å²) in [6, 6.07) is 15.0. The van der Waals surface area contributed by atoms with E-state index in [1.54, 1.807) is 12.4 Å². The molecule has 3 N–H and O–H groups in total. The van der Waals surface area contributed by atoms with Gasteiger partial charge in [0, 0.05) is 6.04 Å². The third kappa shape index (κ3) is 3.02. The van der Waals surface area contributed by atoms with Crippen molar-refractivity contribution in [3.63, 3.8) is 0 Å². The molecule has 24 heavy (non-hydrogen) atoms. The van der Waals surface area contributed by atoms with E-state index in [0.717, 1.165) is 24.0 Å². The second kappa shape index (κ2) is 6.43. The van der Waals surface area contributed by atoms with Gasteiger partial charge in [-0.3, -0.25) is 0 Å². The second-order valence-electron chi connectivity index (χ2n) is 6.43. The first kappa shape index (κ1) is 14.9. The number of hydrogen-bond donors (Lipinski definition) is 2. The molecule has 0 aliphatic heterocycles. The van der Waals surface area contributed by atoms with Crippen molar-refractivity contribution in [2.45, 2.75) is 37.6 Å². The quantitative estimate of drug-likeness (QED) is 0.769. The topological polar surface area (TPSA) is 76.7 Å². The van der Waals surface area contributed by atoms with Crippen LogP contribution in [0, 0.1) is 0 Å². The normalized spacial score (nSPS) is 20.8. The molecule has 1 aliphatic rings. The van der Waals surface area contributed by atoms with E-state index < -0.39 is 0 Å². The average Bonchev–Trinajstić information content (AvgIpc) is 2.63. The van der Waals surface area contributed by atoms with Crippen molar-refractivity contribution in [2.24, 2.45) is 0 Å². The molecule has 0 bridgehead atoms. The summed E-state index contributed by atoms with van der Waals surface area (Å²) in [5.41, 5.74) is 7.84. The molecule has 4 rings (SSSR count). The molecular formula is C19H21N5. The monoisotopic (exact) mass is 319 g/mol. The maximum Gasteiger partial charge on any atom is 0.166 e. The first-order valence-corrected chi connectivity index (χ1v) is 8.48. The van der Waals surface area contributed by atoms with Crippen molar-refractivity contribution < 1.29 is 0 Å². The molecule has 5 nitrogen and oxygen atoms in total. The summed E-state index contributed by atoms with van der Waals surface area (Å²) in [6.07, 6.45) is 6.25. The van der Waals surface area contributed by atoms with E-state index in [-0.39, 0.29) is 0 Å². The van der Waals surface area contributed by atoms with E-state index in [4.69, 9.17) is 5.73 Å². The Morgan fingerprint density at radius 1 is 0.917 bits per heavy atom. The van der Waals surface area contributed by atoms with Crippen molar-refractivity contribution in [1.82, 2.24) is 15.0 Å². The SMILES string of the molecule is Nc1ccc2c(NC3CCC(c4ccccc4)CC3)ncnc2n1. The molecule has 1 saturated carbocycles. The molecule has 5 heteroatoms. The van der Waals surface area contributed by atoms with E-state index in [9.17, 15) is 0 Å². The lowest BCUT2D eigenvalue weighted by Crippen LogP contribution is -2.26. The molecule has 0 spiro atoms. The highest BCUT2D eigenvalue weighted by Crippen LogP contribution is 2.34. The molecule has 0 atom stereocenters. The van der Waals surface area contributed by atoms with Gasteiger partial charge in [0.15, 0.2) is 5.65 Å². The number of nitrogens with one attached hydrogen (secondary N) is 1. The number of benzene rings is 1. The van der Waals surface area contributed by atoms with Crippen LogP contribution in [0.4, 0.5) is 11.6 Å². The van der Waals surface area contributed by atoms with Crippen LogP contribution >= 0.6 is 0 Å². The third-order valence-electron chi connectivity index (χ3n) is 4.86. The molecule has 0 radical (unpaired) electrons. The Morgan fingerprint density at radius 2 is 1.71 bits per heavy atom. The Hall–Kier alpha value is -2.69. The zero-order chi connectivity index (χ0) is 16.4. The summed E-state index contributed by atoms with van der Waals surface area (Å²) in [5.74, 6) is 2.01. The minimum atomic E-state index is 0.445. The van der Waals surface area contributed by atoms with Crippen molar-refractivity contribution in [3.8, 4) is 0 Å². The fourth-order valence-electron chi connectivity index (χ4n) is 3.56. The maximum absolute atomic E-state index is 5.74. The molecule has 3 aromatic rings. The first-order valence-electron chi connectivity index (χ1n) is 8.48. The van der Waals surface area contributed by atoms with Crippen LogP contribution in [0.15, 0.2) is 48.8 Å². The minimum Gasteiger partial charge on any atom is -0.384 e. The second-order valence-corrected chi connectivity index (χ2v) is 6.43. The van der Waals surface area contributed by atoms with Gasteiger partial charge in [-0.2, -0.15) is 0 Å². The molecule has 2 heterocycles. The van der Waals surface area contributed by atoms with Crippen LogP contribution < -0.4 is 11.1 Å². The van der Waals surface area contributed by atoms with Crippen LogP contribution in [0.1, 0.15) is 37.2 Å². The molecule has 0 saturated heterocycles. The highest BCUT2D eigenvalue weighted by molar-refractivity contribution is 5.87. The number of nitrogens with zero attached hydrogens (tertiary/aromatic N) is 3. The molecular weight excluding hydrogens is 298 g/mol. The van der Waals surface area contributed by atoms with Crippen LogP contribution in [0.2, 0.25) is 0 Å². The van der Waals surface area contributed by atoms with Crippen LogP contribution in [-0.4, -0.2) is 21.0 Å². The van der Waals surface area contributed by atoms with Gasteiger partial charge >= 0.3 is 0 Å². The Morgan fingerprint density at radius 3 is 2.50 bits per heavy atom. The first-order chi connectivity index (χ1) is 11.8. The van der Waals surface area contributed by atoms with Crippen LogP contribution in [0.25, 0.3) is 11.0 Å². The molecule has 0 unspecified atom stereocenters. The van der Waals surface area contributed by atoms with E-state index in [2.05, 4.69) is 50.6 Å². The summed E-state index contributed by atoms with van der Waals surface area (Å²) in [5, 5.41) is 4.51. The number of hydrogen-bond acceptors (Lipinski definition) is 5. The number of aromatic nitrogens is 3. The average molecular weight is 319 g/mol. The number of fused-ring (bicyclic) bond motifs is 1. The van der Waals surface area contributed by atoms with Crippen molar-refractivity contribution in [1.29, 1.82) is 0 Å². The number of pyridine rings is 1. The van der Waals surface area contributed by atoms with Gasteiger partial charge in [-0.15, -0.1) is 0 Å². The zero-order valence-electron chi connectivity index (χ0n) is 13.5. The van der Waals surface area contributed by atoms with Gasteiger partial charge in [0.2, 0.25) is 0 Å². The Kier molecular flexibility index (Phi) is 3.99. The van der Waals surface area contributed by atoms with Gasteiger partial charge in [0.25, 0.3) is 0 Å². The maximum atomic E-state index is 5.74. The number of nitrogen functional groups attached to an aromatic ring is 1. The minimum absolute atomic E-state index is 0.445. The van der Waals surface area contributed by atoms with Gasteiger partial charge in [-0.1, -0.05) is 30.3 Å². The van der Waals surface area contributed by atoms with Crippen molar-refractivity contribution in [3.05, 3.63) is 54.4 Å².